The second kappa shape index (κ2) is 6.25. The maximum atomic E-state index is 5.83. The van der Waals surface area contributed by atoms with Gasteiger partial charge in [-0.1, -0.05) is 24.3 Å². The van der Waals surface area contributed by atoms with E-state index in [-0.39, 0.29) is 5.88 Å². The standard InChI is InChI=1S/C15H15ClN2O/c1-11-5-4-6-12(9-11)19-14-8-3-2-7-13(14)18-15(17)10-16/h2-9H,10H2,1H3,(H2,17,18). The third kappa shape index (κ3) is 3.73. The van der Waals surface area contributed by atoms with Crippen molar-refractivity contribution in [1.29, 1.82) is 0 Å². The van der Waals surface area contributed by atoms with E-state index in [1.165, 1.54) is 0 Å². The largest absolute Gasteiger partial charge is 0.455 e. The zero-order chi connectivity index (χ0) is 13.7. The molecule has 0 aliphatic carbocycles. The van der Waals surface area contributed by atoms with Gasteiger partial charge in [0.2, 0.25) is 0 Å². The van der Waals surface area contributed by atoms with Crippen LogP contribution in [0.3, 0.4) is 0 Å². The number of nitrogens with two attached hydrogens (primary N) is 1. The lowest BCUT2D eigenvalue weighted by atomic mass is 10.2. The molecule has 3 nitrogen and oxygen atoms in total. The average Bonchev–Trinajstić information content (AvgIpc) is 2.41. The topological polar surface area (TPSA) is 47.6 Å². The molecule has 2 rings (SSSR count). The van der Waals surface area contributed by atoms with Crippen molar-refractivity contribution in [2.75, 3.05) is 5.88 Å². The summed E-state index contributed by atoms with van der Waals surface area (Å²) in [6.45, 7) is 2.02. The van der Waals surface area contributed by atoms with Crippen LogP contribution in [0.4, 0.5) is 5.69 Å². The van der Waals surface area contributed by atoms with Gasteiger partial charge in [-0.2, -0.15) is 0 Å². The predicted molar refractivity (Wildman–Crippen MR) is 79.7 cm³/mol. The van der Waals surface area contributed by atoms with Crippen molar-refractivity contribution in [3.63, 3.8) is 0 Å². The van der Waals surface area contributed by atoms with Crippen LogP contribution in [-0.4, -0.2) is 11.7 Å². The van der Waals surface area contributed by atoms with Crippen molar-refractivity contribution in [1.82, 2.24) is 0 Å². The highest BCUT2D eigenvalue weighted by Gasteiger charge is 2.04. The first-order valence-electron chi connectivity index (χ1n) is 5.91. The van der Waals surface area contributed by atoms with Crippen LogP contribution in [0, 0.1) is 6.92 Å². The van der Waals surface area contributed by atoms with Crippen LogP contribution in [0.5, 0.6) is 11.5 Å². The number of rotatable bonds is 4. The molecule has 0 spiro atoms. The number of hydrogen-bond donors (Lipinski definition) is 1. The van der Waals surface area contributed by atoms with Crippen LogP contribution in [0.2, 0.25) is 0 Å². The number of benzene rings is 2. The van der Waals surface area contributed by atoms with Gasteiger partial charge in [0.1, 0.15) is 17.3 Å². The van der Waals surface area contributed by atoms with Crippen LogP contribution in [0.15, 0.2) is 53.5 Å². The number of aliphatic imine (C=N–C) groups is 1. The number of halogens is 1. The van der Waals surface area contributed by atoms with Gasteiger partial charge in [0.25, 0.3) is 0 Å². The molecule has 0 aliphatic rings. The minimum absolute atomic E-state index is 0.193. The number of para-hydroxylation sites is 2. The zero-order valence-corrected chi connectivity index (χ0v) is 11.4. The minimum atomic E-state index is 0.193. The van der Waals surface area contributed by atoms with Gasteiger partial charge in [-0.25, -0.2) is 4.99 Å². The lowest BCUT2D eigenvalue weighted by molar-refractivity contribution is 0.483. The second-order valence-electron chi connectivity index (χ2n) is 4.12. The average molecular weight is 275 g/mol. The Labute approximate surface area is 117 Å². The van der Waals surface area contributed by atoms with Gasteiger partial charge in [0, 0.05) is 0 Å². The SMILES string of the molecule is Cc1cccc(Oc2ccccc2N=C(N)CCl)c1. The van der Waals surface area contributed by atoms with Gasteiger partial charge in [0.15, 0.2) is 5.75 Å². The molecule has 0 atom stereocenters. The second-order valence-corrected chi connectivity index (χ2v) is 4.39. The first-order chi connectivity index (χ1) is 9.19. The molecule has 0 radical (unpaired) electrons. The number of nitrogens with zero attached hydrogens (tertiary/aromatic N) is 1. The molecule has 0 unspecified atom stereocenters. The summed E-state index contributed by atoms with van der Waals surface area (Å²) in [5.41, 5.74) is 7.46. The molecule has 0 saturated heterocycles. The summed E-state index contributed by atoms with van der Waals surface area (Å²) in [6.07, 6.45) is 0. The van der Waals surface area contributed by atoms with Crippen molar-refractivity contribution < 1.29 is 4.74 Å². The van der Waals surface area contributed by atoms with Crippen molar-refractivity contribution in [3.8, 4) is 11.5 Å². The van der Waals surface area contributed by atoms with Crippen molar-refractivity contribution in [3.05, 3.63) is 54.1 Å². The summed E-state index contributed by atoms with van der Waals surface area (Å²) in [5, 5.41) is 0. The van der Waals surface area contributed by atoms with Gasteiger partial charge in [-0.05, 0) is 36.8 Å². The molecule has 0 bridgehead atoms. The Morgan fingerprint density at radius 3 is 2.74 bits per heavy atom. The summed E-state index contributed by atoms with van der Waals surface area (Å²) < 4.78 is 5.83. The Kier molecular flexibility index (Phi) is 4.42. The van der Waals surface area contributed by atoms with E-state index in [0.29, 0.717) is 17.3 Å². The third-order valence-corrected chi connectivity index (χ3v) is 2.76. The molecule has 4 heteroatoms. The Bertz CT molecular complexity index is 596. The fourth-order valence-electron chi connectivity index (χ4n) is 1.63. The van der Waals surface area contributed by atoms with Crippen LogP contribution in [-0.2, 0) is 0 Å². The number of ether oxygens (including phenoxy) is 1. The molecule has 98 valence electrons. The lowest BCUT2D eigenvalue weighted by Crippen LogP contribution is -2.12. The third-order valence-electron chi connectivity index (χ3n) is 2.48. The van der Waals surface area contributed by atoms with Crippen LogP contribution in [0.25, 0.3) is 0 Å². The molecule has 0 fully saturated rings. The predicted octanol–water partition coefficient (Wildman–Crippen LogP) is 4.01. The fourth-order valence-corrected chi connectivity index (χ4v) is 1.69. The molecular formula is C15H15ClN2O. The van der Waals surface area contributed by atoms with Crippen LogP contribution >= 0.6 is 11.6 Å². The maximum absolute atomic E-state index is 5.83. The molecule has 0 aliphatic heterocycles. The quantitative estimate of drug-likeness (QED) is 0.520. The Hall–Kier alpha value is -2.00. The van der Waals surface area contributed by atoms with E-state index in [2.05, 4.69) is 4.99 Å². The molecule has 0 amide bonds. The van der Waals surface area contributed by atoms with Gasteiger partial charge in [-0.15, -0.1) is 11.6 Å². The smallest absolute Gasteiger partial charge is 0.153 e. The van der Waals surface area contributed by atoms with E-state index in [4.69, 9.17) is 22.1 Å². The highest BCUT2D eigenvalue weighted by atomic mass is 35.5. The van der Waals surface area contributed by atoms with Crippen molar-refractivity contribution in [2.45, 2.75) is 6.92 Å². The monoisotopic (exact) mass is 274 g/mol. The summed E-state index contributed by atoms with van der Waals surface area (Å²) >= 11 is 5.64. The van der Waals surface area contributed by atoms with Crippen molar-refractivity contribution in [2.24, 2.45) is 10.7 Å². The number of amidine groups is 1. The van der Waals surface area contributed by atoms with Gasteiger partial charge in [0.05, 0.1) is 5.88 Å². The van der Waals surface area contributed by atoms with E-state index in [9.17, 15) is 0 Å². The highest BCUT2D eigenvalue weighted by Crippen LogP contribution is 2.31. The number of aryl methyl sites for hydroxylation is 1. The molecule has 0 saturated carbocycles. The van der Waals surface area contributed by atoms with E-state index in [1.54, 1.807) is 0 Å². The highest BCUT2D eigenvalue weighted by molar-refractivity contribution is 6.28. The molecule has 2 aromatic rings. The van der Waals surface area contributed by atoms with E-state index in [1.807, 2.05) is 55.5 Å². The van der Waals surface area contributed by atoms with Gasteiger partial charge >= 0.3 is 0 Å². The van der Waals surface area contributed by atoms with Crippen molar-refractivity contribution >= 4 is 23.1 Å². The first-order valence-corrected chi connectivity index (χ1v) is 6.45. The molecule has 0 heterocycles. The van der Waals surface area contributed by atoms with Crippen LogP contribution < -0.4 is 10.5 Å². The Morgan fingerprint density at radius 2 is 2.00 bits per heavy atom. The molecular weight excluding hydrogens is 260 g/mol. The fraction of sp³-hybridized carbons (Fsp3) is 0.133. The van der Waals surface area contributed by atoms with E-state index < -0.39 is 0 Å². The van der Waals surface area contributed by atoms with E-state index >= 15 is 0 Å². The summed E-state index contributed by atoms with van der Waals surface area (Å²) in [7, 11) is 0. The van der Waals surface area contributed by atoms with Gasteiger partial charge < -0.3 is 10.5 Å². The summed E-state index contributed by atoms with van der Waals surface area (Å²) in [4.78, 5) is 4.23. The molecule has 0 aromatic heterocycles. The molecule has 2 N–H and O–H groups in total. The normalized spacial score (nSPS) is 11.4. The minimum Gasteiger partial charge on any atom is -0.455 e. The van der Waals surface area contributed by atoms with Crippen LogP contribution in [0.1, 0.15) is 5.56 Å². The Morgan fingerprint density at radius 1 is 1.21 bits per heavy atom. The molecule has 19 heavy (non-hydrogen) atoms. The number of alkyl halides is 1. The van der Waals surface area contributed by atoms with Gasteiger partial charge in [-0.3, -0.25) is 0 Å². The Balaban J connectivity index is 2.30. The lowest BCUT2D eigenvalue weighted by Gasteiger charge is -2.09. The first kappa shape index (κ1) is 13.4. The number of hydrogen-bond acceptors (Lipinski definition) is 2. The van der Waals surface area contributed by atoms with E-state index in [0.717, 1.165) is 11.3 Å². The molecule has 2 aromatic carbocycles. The summed E-state index contributed by atoms with van der Waals surface area (Å²) in [6, 6.07) is 15.3. The zero-order valence-electron chi connectivity index (χ0n) is 10.6. The maximum Gasteiger partial charge on any atom is 0.153 e. The summed E-state index contributed by atoms with van der Waals surface area (Å²) in [5.74, 6) is 1.98.